The number of benzene rings is 4. The molecule has 3 aliphatic rings. The molecule has 49 heavy (non-hydrogen) atoms. The van der Waals surface area contributed by atoms with Crippen LogP contribution in [0.1, 0.15) is 48.9 Å². The van der Waals surface area contributed by atoms with Crippen LogP contribution < -0.4 is 0 Å². The van der Waals surface area contributed by atoms with E-state index in [-0.39, 0.29) is 23.2 Å². The van der Waals surface area contributed by atoms with E-state index in [2.05, 4.69) is 159 Å². The van der Waals surface area contributed by atoms with Gasteiger partial charge in [0, 0.05) is 43.8 Å². The molecule has 4 aromatic rings. The van der Waals surface area contributed by atoms with Gasteiger partial charge in [0.25, 0.3) is 0 Å². The predicted molar refractivity (Wildman–Crippen MR) is 218 cm³/mol. The van der Waals surface area contributed by atoms with E-state index in [0.29, 0.717) is 0 Å². The molecule has 2 aliphatic heterocycles. The standard InChI is InChI=1S/C45H42OS3/c1-4-36(34-26-38(30-18-10-6-11-19-30)48-39(27-34)31-20-12-7-13-21-31)42-44(46-3)43(45(42)47)37(5-2)35-28-40(32-22-14-8-15-23-32)49-41(29-35)33-24-16-9-17-25-33/h6-29,42-45,47H,4-5H2,1-3H3. The lowest BCUT2D eigenvalue weighted by Gasteiger charge is -2.52. The van der Waals surface area contributed by atoms with Crippen LogP contribution in [0.15, 0.2) is 168 Å². The number of thiol groups is 1. The fraction of sp³-hybridized carbons (Fsp3) is 0.200. The Balaban J connectivity index is 1.31. The van der Waals surface area contributed by atoms with E-state index < -0.39 is 0 Å². The first kappa shape index (κ1) is 33.8. The molecule has 4 aromatic carbocycles. The van der Waals surface area contributed by atoms with Crippen molar-refractivity contribution in [1.29, 1.82) is 0 Å². The number of ether oxygens (including phenoxy) is 1. The molecule has 0 N–H and O–H groups in total. The average molecular weight is 695 g/mol. The maximum absolute atomic E-state index is 6.46. The number of rotatable bonds is 9. The summed E-state index contributed by atoms with van der Waals surface area (Å²) in [5, 5.41) is 0.142. The molecule has 1 nitrogen and oxygen atoms in total. The predicted octanol–water partition coefficient (Wildman–Crippen LogP) is 12.6. The molecule has 0 radical (unpaired) electrons. The number of allylic oxidation sites excluding steroid dienone is 6. The fourth-order valence-corrected chi connectivity index (χ4v) is 10.3. The highest BCUT2D eigenvalue weighted by atomic mass is 32.2. The lowest BCUT2D eigenvalue weighted by atomic mass is 9.62. The first-order chi connectivity index (χ1) is 24.1. The largest absolute Gasteiger partial charge is 0.380 e. The summed E-state index contributed by atoms with van der Waals surface area (Å²) in [6.45, 7) is 4.58. The monoisotopic (exact) mass is 694 g/mol. The highest BCUT2D eigenvalue weighted by molar-refractivity contribution is 8.17. The van der Waals surface area contributed by atoms with Crippen LogP contribution in [0.4, 0.5) is 0 Å². The molecular formula is C45H42OS3. The molecular weight excluding hydrogens is 653 g/mol. The van der Waals surface area contributed by atoms with E-state index in [1.165, 1.54) is 64.2 Å². The Kier molecular flexibility index (Phi) is 10.7. The molecule has 2 unspecified atom stereocenters. The lowest BCUT2D eigenvalue weighted by molar-refractivity contribution is -0.0365. The van der Waals surface area contributed by atoms with Crippen LogP contribution in [-0.2, 0) is 4.74 Å². The van der Waals surface area contributed by atoms with Gasteiger partial charge in [-0.3, -0.25) is 0 Å². The van der Waals surface area contributed by atoms with Crippen molar-refractivity contribution >= 4 is 55.8 Å². The number of hydrogen-bond acceptors (Lipinski definition) is 4. The van der Waals surface area contributed by atoms with E-state index >= 15 is 0 Å². The smallest absolute Gasteiger partial charge is 0.0723 e. The summed E-state index contributed by atoms with van der Waals surface area (Å²) in [6, 6.07) is 43.1. The molecule has 1 aliphatic carbocycles. The van der Waals surface area contributed by atoms with Gasteiger partial charge in [0.05, 0.1) is 6.10 Å². The third-order valence-electron chi connectivity index (χ3n) is 9.84. The number of thioether (sulfide) groups is 2. The van der Waals surface area contributed by atoms with Crippen molar-refractivity contribution in [1.82, 2.24) is 0 Å². The second-order valence-corrected chi connectivity index (χ2v) is 15.4. The van der Waals surface area contributed by atoms with Gasteiger partial charge in [-0.1, -0.05) is 170 Å². The third-order valence-corrected chi connectivity index (χ3v) is 12.8. The van der Waals surface area contributed by atoms with Crippen LogP contribution in [0.2, 0.25) is 0 Å². The van der Waals surface area contributed by atoms with Crippen LogP contribution in [0.5, 0.6) is 0 Å². The van der Waals surface area contributed by atoms with Gasteiger partial charge in [-0.25, -0.2) is 0 Å². The van der Waals surface area contributed by atoms with Crippen LogP contribution >= 0.6 is 36.2 Å². The van der Waals surface area contributed by atoms with Crippen LogP contribution in [0, 0.1) is 11.8 Å². The van der Waals surface area contributed by atoms with Crippen molar-refractivity contribution in [3.8, 4) is 0 Å². The second-order valence-electron chi connectivity index (χ2n) is 12.6. The van der Waals surface area contributed by atoms with E-state index in [1.807, 2.05) is 30.6 Å². The van der Waals surface area contributed by atoms with Gasteiger partial charge < -0.3 is 4.74 Å². The third kappa shape index (κ3) is 7.03. The van der Waals surface area contributed by atoms with Crippen LogP contribution in [0.25, 0.3) is 19.6 Å². The van der Waals surface area contributed by atoms with Gasteiger partial charge in [0.1, 0.15) is 0 Å². The zero-order chi connectivity index (χ0) is 33.7. The van der Waals surface area contributed by atoms with Gasteiger partial charge in [-0.15, -0.1) is 0 Å². The summed E-state index contributed by atoms with van der Waals surface area (Å²) >= 11 is 9.15. The normalized spacial score (nSPS) is 22.0. The summed E-state index contributed by atoms with van der Waals surface area (Å²) in [4.78, 5) is 5.10. The molecule has 246 valence electrons. The van der Waals surface area contributed by atoms with E-state index in [4.69, 9.17) is 17.4 Å². The number of methoxy groups -OCH3 is 1. The quantitative estimate of drug-likeness (QED) is 0.175. The fourth-order valence-electron chi connectivity index (χ4n) is 7.41. The Labute approximate surface area is 306 Å². The van der Waals surface area contributed by atoms with Crippen LogP contribution in [-0.4, -0.2) is 18.5 Å². The molecule has 2 heterocycles. The molecule has 0 bridgehead atoms. The van der Waals surface area contributed by atoms with Gasteiger partial charge >= 0.3 is 0 Å². The first-order valence-electron chi connectivity index (χ1n) is 17.2. The zero-order valence-electron chi connectivity index (χ0n) is 28.3. The Morgan fingerprint density at radius 3 is 1.04 bits per heavy atom. The summed E-state index contributed by atoms with van der Waals surface area (Å²) in [6.07, 6.45) is 11.5. The van der Waals surface area contributed by atoms with E-state index in [9.17, 15) is 0 Å². The highest BCUT2D eigenvalue weighted by Gasteiger charge is 2.52. The molecule has 0 spiro atoms. The minimum Gasteiger partial charge on any atom is -0.380 e. The van der Waals surface area contributed by atoms with Crippen molar-refractivity contribution in [3.05, 3.63) is 190 Å². The van der Waals surface area contributed by atoms with Crippen molar-refractivity contribution in [2.45, 2.75) is 38.0 Å². The van der Waals surface area contributed by atoms with E-state index in [1.54, 1.807) is 0 Å². The summed E-state index contributed by atoms with van der Waals surface area (Å²) in [5.41, 5.74) is 10.4. The van der Waals surface area contributed by atoms with Gasteiger partial charge in [-0.2, -0.15) is 12.6 Å². The number of hydrogen-bond donors (Lipinski definition) is 1. The Hall–Kier alpha value is -3.67. The summed E-state index contributed by atoms with van der Waals surface area (Å²) < 4.78 is 6.46. The van der Waals surface area contributed by atoms with Gasteiger partial charge in [0.15, 0.2) is 0 Å². The first-order valence-corrected chi connectivity index (χ1v) is 19.4. The lowest BCUT2D eigenvalue weighted by Crippen LogP contribution is -2.55. The molecule has 2 atom stereocenters. The zero-order valence-corrected chi connectivity index (χ0v) is 30.8. The minimum atomic E-state index is 0.0425. The summed E-state index contributed by atoms with van der Waals surface area (Å²) in [7, 11) is 1.89. The van der Waals surface area contributed by atoms with Crippen LogP contribution in [0.3, 0.4) is 0 Å². The van der Waals surface area contributed by atoms with Gasteiger partial charge in [0.2, 0.25) is 0 Å². The van der Waals surface area contributed by atoms with Crippen molar-refractivity contribution < 1.29 is 4.74 Å². The SMILES string of the molecule is CCC(=C1C=C(c2ccccc2)SC(c2ccccc2)=C1)C1C(S)C(C(CC)=C2C=C(c3ccccc3)SC(c3ccccc3)=C2)C1OC. The maximum Gasteiger partial charge on any atom is 0.0723 e. The molecule has 4 heteroatoms. The molecule has 0 amide bonds. The Morgan fingerprint density at radius 2 is 0.796 bits per heavy atom. The maximum atomic E-state index is 6.46. The Bertz CT molecular complexity index is 1710. The highest BCUT2D eigenvalue weighted by Crippen LogP contribution is 2.54. The average Bonchev–Trinajstić information content (AvgIpc) is 3.18. The molecule has 1 saturated carbocycles. The minimum absolute atomic E-state index is 0.0425. The molecule has 7 rings (SSSR count). The van der Waals surface area contributed by atoms with Crippen molar-refractivity contribution in [3.63, 3.8) is 0 Å². The Morgan fingerprint density at radius 1 is 0.510 bits per heavy atom. The van der Waals surface area contributed by atoms with E-state index in [0.717, 1.165) is 12.8 Å². The molecule has 0 saturated heterocycles. The topological polar surface area (TPSA) is 9.23 Å². The van der Waals surface area contributed by atoms with Crippen molar-refractivity contribution in [2.24, 2.45) is 11.8 Å². The van der Waals surface area contributed by atoms with Gasteiger partial charge in [-0.05, 0) is 70.5 Å². The second kappa shape index (κ2) is 15.5. The molecule has 1 fully saturated rings. The summed E-state index contributed by atoms with van der Waals surface area (Å²) in [5.74, 6) is 0.413. The van der Waals surface area contributed by atoms with Crippen molar-refractivity contribution in [2.75, 3.05) is 7.11 Å². The molecule has 0 aromatic heterocycles.